The van der Waals surface area contributed by atoms with Crippen LogP contribution in [0.5, 0.6) is 0 Å². The van der Waals surface area contributed by atoms with Crippen molar-refractivity contribution in [2.45, 2.75) is 57.6 Å². The van der Waals surface area contributed by atoms with Crippen LogP contribution in [0.25, 0.3) is 0 Å². The van der Waals surface area contributed by atoms with Gasteiger partial charge in [0.15, 0.2) is 0 Å². The molecule has 7 nitrogen and oxygen atoms in total. The van der Waals surface area contributed by atoms with Crippen molar-refractivity contribution in [3.8, 4) is 0 Å². The lowest BCUT2D eigenvalue weighted by molar-refractivity contribution is -0.140. The van der Waals surface area contributed by atoms with E-state index in [1.165, 1.54) is 23.1 Å². The molecule has 0 bridgehead atoms. The minimum Gasteiger partial charge on any atom is -0.352 e. The van der Waals surface area contributed by atoms with Gasteiger partial charge in [-0.2, -0.15) is 0 Å². The fourth-order valence-corrected chi connectivity index (χ4v) is 6.34. The van der Waals surface area contributed by atoms with E-state index >= 15 is 0 Å². The van der Waals surface area contributed by atoms with Crippen molar-refractivity contribution in [1.29, 1.82) is 0 Å². The molecule has 0 aromatic heterocycles. The molecule has 0 saturated carbocycles. The third-order valence-corrected chi connectivity index (χ3v) is 8.82. The van der Waals surface area contributed by atoms with Crippen LogP contribution in [0.3, 0.4) is 0 Å². The summed E-state index contributed by atoms with van der Waals surface area (Å²) in [5, 5.41) is 3.92. The van der Waals surface area contributed by atoms with Crippen molar-refractivity contribution >= 4 is 62.3 Å². The first-order valence-corrected chi connectivity index (χ1v) is 15.3. The van der Waals surface area contributed by atoms with Gasteiger partial charge in [0.1, 0.15) is 12.6 Å². The quantitative estimate of drug-likeness (QED) is 0.265. The number of nitrogens with zero attached hydrogens (tertiary/aromatic N) is 2. The van der Waals surface area contributed by atoms with Crippen LogP contribution in [-0.2, 0) is 26.2 Å². The van der Waals surface area contributed by atoms with E-state index in [2.05, 4.69) is 5.32 Å². The zero-order chi connectivity index (χ0) is 29.6. The number of carbonyl (C=O) groups is 2. The number of benzene rings is 3. The third kappa shape index (κ3) is 7.69. The summed E-state index contributed by atoms with van der Waals surface area (Å²) in [6, 6.07) is 16.5. The summed E-state index contributed by atoms with van der Waals surface area (Å²) in [5.41, 5.74) is 1.43. The maximum atomic E-state index is 14.1. The highest BCUT2D eigenvalue weighted by atomic mass is 35.5. The van der Waals surface area contributed by atoms with Crippen molar-refractivity contribution in [2.75, 3.05) is 10.8 Å². The van der Waals surface area contributed by atoms with Gasteiger partial charge in [-0.25, -0.2) is 8.42 Å². The van der Waals surface area contributed by atoms with Crippen LogP contribution in [0, 0.1) is 6.92 Å². The van der Waals surface area contributed by atoms with Gasteiger partial charge in [-0.1, -0.05) is 72.1 Å². The van der Waals surface area contributed by atoms with E-state index in [-0.39, 0.29) is 35.5 Å². The number of sulfonamides is 1. The maximum Gasteiger partial charge on any atom is 0.264 e. The molecule has 214 valence electrons. The molecule has 3 aromatic rings. The number of rotatable bonds is 11. The lowest BCUT2D eigenvalue weighted by Crippen LogP contribution is -2.53. The molecule has 0 saturated heterocycles. The summed E-state index contributed by atoms with van der Waals surface area (Å²) in [7, 11) is -4.20. The Morgan fingerprint density at radius 1 is 0.925 bits per heavy atom. The molecule has 0 fully saturated rings. The van der Waals surface area contributed by atoms with Crippen molar-refractivity contribution in [3.05, 3.63) is 92.9 Å². The van der Waals surface area contributed by atoms with Crippen LogP contribution >= 0.6 is 34.8 Å². The van der Waals surface area contributed by atoms with E-state index < -0.39 is 28.5 Å². The van der Waals surface area contributed by atoms with E-state index in [0.717, 1.165) is 4.31 Å². The zero-order valence-corrected chi connectivity index (χ0v) is 25.8. The summed E-state index contributed by atoms with van der Waals surface area (Å²) >= 11 is 18.8. The Kier molecular flexibility index (Phi) is 10.9. The second-order valence-corrected chi connectivity index (χ2v) is 12.7. The van der Waals surface area contributed by atoms with Crippen LogP contribution in [0.15, 0.2) is 71.6 Å². The number of halogens is 3. The highest BCUT2D eigenvalue weighted by molar-refractivity contribution is 7.92. The summed E-state index contributed by atoms with van der Waals surface area (Å²) in [6.45, 7) is 6.56. The normalized spacial score (nSPS) is 12.2. The highest BCUT2D eigenvalue weighted by Gasteiger charge is 2.34. The number of nitrogens with one attached hydrogen (secondary N) is 1. The average Bonchev–Trinajstić information content (AvgIpc) is 2.89. The third-order valence-electron chi connectivity index (χ3n) is 6.22. The second kappa shape index (κ2) is 13.7. The fraction of sp³-hybridized carbons (Fsp3) is 0.310. The van der Waals surface area contributed by atoms with Crippen molar-refractivity contribution < 1.29 is 18.0 Å². The van der Waals surface area contributed by atoms with Gasteiger partial charge in [0.25, 0.3) is 10.0 Å². The van der Waals surface area contributed by atoms with E-state index in [4.69, 9.17) is 34.8 Å². The molecule has 3 aromatic carbocycles. The van der Waals surface area contributed by atoms with Crippen LogP contribution in [0.4, 0.5) is 5.69 Å². The first-order valence-electron chi connectivity index (χ1n) is 12.7. The lowest BCUT2D eigenvalue weighted by atomic mass is 10.1. The van der Waals surface area contributed by atoms with Gasteiger partial charge < -0.3 is 10.2 Å². The van der Waals surface area contributed by atoms with Gasteiger partial charge in [0, 0.05) is 27.7 Å². The van der Waals surface area contributed by atoms with Crippen molar-refractivity contribution in [2.24, 2.45) is 0 Å². The van der Waals surface area contributed by atoms with Crippen LogP contribution in [0.2, 0.25) is 15.1 Å². The molecule has 1 atom stereocenters. The van der Waals surface area contributed by atoms with E-state index in [1.54, 1.807) is 62.4 Å². The molecule has 2 amide bonds. The molecule has 0 radical (unpaired) electrons. The molecular weight excluding hydrogens is 593 g/mol. The predicted molar refractivity (Wildman–Crippen MR) is 162 cm³/mol. The monoisotopic (exact) mass is 623 g/mol. The largest absolute Gasteiger partial charge is 0.352 e. The fourth-order valence-electron chi connectivity index (χ4n) is 4.22. The Hall–Kier alpha value is -2.78. The topological polar surface area (TPSA) is 86.8 Å². The summed E-state index contributed by atoms with van der Waals surface area (Å²) < 4.78 is 28.9. The van der Waals surface area contributed by atoms with Gasteiger partial charge in [-0.05, 0) is 74.7 Å². The molecule has 0 aliphatic carbocycles. The molecule has 40 heavy (non-hydrogen) atoms. The van der Waals surface area contributed by atoms with Gasteiger partial charge >= 0.3 is 0 Å². The molecule has 0 aliphatic heterocycles. The number of hydrogen-bond donors (Lipinski definition) is 1. The van der Waals surface area contributed by atoms with Crippen molar-refractivity contribution in [1.82, 2.24) is 10.2 Å². The van der Waals surface area contributed by atoms with E-state index in [0.29, 0.717) is 26.2 Å². The second-order valence-electron chi connectivity index (χ2n) is 9.60. The minimum atomic E-state index is -4.20. The maximum absolute atomic E-state index is 14.1. The van der Waals surface area contributed by atoms with Crippen LogP contribution in [-0.4, -0.2) is 43.8 Å². The Morgan fingerprint density at radius 2 is 1.55 bits per heavy atom. The van der Waals surface area contributed by atoms with Crippen LogP contribution < -0.4 is 9.62 Å². The van der Waals surface area contributed by atoms with Gasteiger partial charge in [-0.3, -0.25) is 13.9 Å². The smallest absolute Gasteiger partial charge is 0.264 e. The molecule has 0 spiro atoms. The van der Waals surface area contributed by atoms with Gasteiger partial charge in [-0.15, -0.1) is 0 Å². The number of amides is 2. The van der Waals surface area contributed by atoms with Crippen LogP contribution in [0.1, 0.15) is 38.3 Å². The molecule has 0 aliphatic rings. The summed E-state index contributed by atoms with van der Waals surface area (Å²) in [4.78, 5) is 28.7. The predicted octanol–water partition coefficient (Wildman–Crippen LogP) is 6.48. The molecule has 1 unspecified atom stereocenters. The van der Waals surface area contributed by atoms with E-state index in [9.17, 15) is 18.0 Å². The Bertz CT molecular complexity index is 1470. The highest BCUT2D eigenvalue weighted by Crippen LogP contribution is 2.30. The first kappa shape index (κ1) is 31.7. The summed E-state index contributed by atoms with van der Waals surface area (Å²) in [5.74, 6) is -0.942. The van der Waals surface area contributed by atoms with Gasteiger partial charge in [0.05, 0.1) is 10.6 Å². The minimum absolute atomic E-state index is 0.0130. The number of anilines is 1. The average molecular weight is 625 g/mol. The lowest BCUT2D eigenvalue weighted by Gasteiger charge is -2.34. The number of aryl methyl sites for hydroxylation is 1. The molecule has 11 heteroatoms. The van der Waals surface area contributed by atoms with Crippen molar-refractivity contribution in [3.63, 3.8) is 0 Å². The SMILES string of the molecule is CCC(C(=O)NC(C)C)N(Cc1ccc(Cl)cc1Cl)C(=O)CN(c1cc(Cl)ccc1C)S(=O)(=O)c1ccccc1. The first-order chi connectivity index (χ1) is 18.8. The molecule has 0 heterocycles. The Balaban J connectivity index is 2.12. The Labute approximate surface area is 251 Å². The molecule has 3 rings (SSSR count). The Morgan fingerprint density at radius 3 is 2.15 bits per heavy atom. The number of carbonyl (C=O) groups excluding carboxylic acids is 2. The summed E-state index contributed by atoms with van der Waals surface area (Å²) in [6.07, 6.45) is 0.289. The van der Waals surface area contributed by atoms with Gasteiger partial charge in [0.2, 0.25) is 11.8 Å². The molecule has 1 N–H and O–H groups in total. The zero-order valence-electron chi connectivity index (χ0n) is 22.7. The molecular formula is C29H32Cl3N3O4S. The number of hydrogen-bond acceptors (Lipinski definition) is 4. The standard InChI is InChI=1S/C29H32Cl3N3O4S/c1-5-26(29(37)33-19(2)3)34(17-21-12-14-22(30)15-25(21)32)28(36)18-35(27-16-23(31)13-11-20(27)4)40(38,39)24-9-7-6-8-10-24/h6-16,19,26H,5,17-18H2,1-4H3,(H,33,37). The van der Waals surface area contributed by atoms with E-state index in [1.807, 2.05) is 13.8 Å².